The fourth-order valence-electron chi connectivity index (χ4n) is 4.79. The van der Waals surface area contributed by atoms with Gasteiger partial charge in [-0.2, -0.15) is 0 Å². The normalized spacial score (nSPS) is 39.2. The van der Waals surface area contributed by atoms with E-state index in [1.165, 1.54) is 0 Å². The van der Waals surface area contributed by atoms with Crippen molar-refractivity contribution < 1.29 is 10.2 Å². The maximum absolute atomic E-state index is 10.3. The molecule has 4 heteroatoms. The van der Waals surface area contributed by atoms with Gasteiger partial charge in [0.2, 0.25) is 0 Å². The van der Waals surface area contributed by atoms with Crippen LogP contribution in [0.1, 0.15) is 60.8 Å². The second kappa shape index (κ2) is 4.17. The molecular weight excluding hydrogens is 240 g/mol. The second-order valence-corrected chi connectivity index (χ2v) is 8.59. The van der Waals surface area contributed by atoms with Crippen molar-refractivity contribution in [1.29, 1.82) is 0 Å². The first-order valence-electron chi connectivity index (χ1n) is 7.31. The summed E-state index contributed by atoms with van der Waals surface area (Å²) in [7, 11) is 0. The summed E-state index contributed by atoms with van der Waals surface area (Å²) in [6.45, 7) is 12.8. The molecule has 0 radical (unpaired) electrons. The Morgan fingerprint density at radius 1 is 0.842 bits per heavy atom. The van der Waals surface area contributed by atoms with Crippen LogP contribution in [0.25, 0.3) is 0 Å². The molecule has 2 saturated heterocycles. The standard InChI is InChI=1S/C15H30N2O2/c1-12(2)8-15(9-13(3,4)16-12)7-10(18)11(19)14(5,6)17-15/h10-11,16-19H,7-9H2,1-6H3. The molecule has 2 fully saturated rings. The number of aliphatic hydroxyl groups is 2. The van der Waals surface area contributed by atoms with E-state index in [1.807, 2.05) is 13.8 Å². The Kier molecular flexibility index (Phi) is 3.34. The minimum absolute atomic E-state index is 0.0207. The summed E-state index contributed by atoms with van der Waals surface area (Å²) in [6.07, 6.45) is 1.17. The lowest BCUT2D eigenvalue weighted by atomic mass is 9.64. The number of piperidine rings is 2. The molecule has 4 N–H and O–H groups in total. The summed E-state index contributed by atoms with van der Waals surface area (Å²) >= 11 is 0. The summed E-state index contributed by atoms with van der Waals surface area (Å²) in [5.41, 5.74) is -0.527. The van der Waals surface area contributed by atoms with E-state index in [0.29, 0.717) is 6.42 Å². The molecule has 0 aromatic rings. The van der Waals surface area contributed by atoms with E-state index in [2.05, 4.69) is 38.3 Å². The average Bonchev–Trinajstić information content (AvgIpc) is 2.06. The van der Waals surface area contributed by atoms with Gasteiger partial charge in [-0.05, 0) is 60.8 Å². The number of nitrogens with one attached hydrogen (secondary N) is 2. The quantitative estimate of drug-likeness (QED) is 0.533. The van der Waals surface area contributed by atoms with Gasteiger partial charge in [-0.15, -0.1) is 0 Å². The molecule has 0 saturated carbocycles. The van der Waals surface area contributed by atoms with E-state index < -0.39 is 17.7 Å². The fraction of sp³-hybridized carbons (Fsp3) is 1.00. The van der Waals surface area contributed by atoms with E-state index in [4.69, 9.17) is 0 Å². The van der Waals surface area contributed by atoms with Gasteiger partial charge in [0.15, 0.2) is 0 Å². The van der Waals surface area contributed by atoms with Gasteiger partial charge in [0, 0.05) is 22.2 Å². The lowest BCUT2D eigenvalue weighted by Crippen LogP contribution is -2.75. The molecule has 0 bridgehead atoms. The third-order valence-electron chi connectivity index (χ3n) is 4.53. The molecule has 0 aliphatic carbocycles. The second-order valence-electron chi connectivity index (χ2n) is 8.59. The van der Waals surface area contributed by atoms with Gasteiger partial charge in [0.1, 0.15) is 0 Å². The number of hydrogen-bond acceptors (Lipinski definition) is 4. The maximum Gasteiger partial charge on any atom is 0.0975 e. The molecule has 4 nitrogen and oxygen atoms in total. The highest BCUT2D eigenvalue weighted by atomic mass is 16.3. The molecular formula is C15H30N2O2. The summed E-state index contributed by atoms with van der Waals surface area (Å²) in [5.74, 6) is 0. The van der Waals surface area contributed by atoms with Crippen LogP contribution in [0.4, 0.5) is 0 Å². The highest BCUT2D eigenvalue weighted by Crippen LogP contribution is 2.43. The van der Waals surface area contributed by atoms with Crippen molar-refractivity contribution in [3.63, 3.8) is 0 Å². The first-order chi connectivity index (χ1) is 8.37. The van der Waals surface area contributed by atoms with Crippen LogP contribution in [0, 0.1) is 0 Å². The zero-order valence-corrected chi connectivity index (χ0v) is 13.2. The van der Waals surface area contributed by atoms with Gasteiger partial charge < -0.3 is 20.8 Å². The lowest BCUT2D eigenvalue weighted by molar-refractivity contribution is -0.108. The van der Waals surface area contributed by atoms with Crippen molar-refractivity contribution in [1.82, 2.24) is 10.6 Å². The first-order valence-corrected chi connectivity index (χ1v) is 7.31. The Labute approximate surface area is 117 Å². The molecule has 2 atom stereocenters. The molecule has 2 aliphatic heterocycles. The van der Waals surface area contributed by atoms with E-state index in [0.717, 1.165) is 12.8 Å². The topological polar surface area (TPSA) is 64.5 Å². The predicted octanol–water partition coefficient (Wildman–Crippen LogP) is 1.16. The van der Waals surface area contributed by atoms with E-state index in [-0.39, 0.29) is 16.6 Å². The lowest BCUT2D eigenvalue weighted by Gasteiger charge is -2.59. The molecule has 19 heavy (non-hydrogen) atoms. The number of hydrogen-bond donors (Lipinski definition) is 4. The number of rotatable bonds is 0. The van der Waals surface area contributed by atoms with Gasteiger partial charge in [-0.1, -0.05) is 0 Å². The van der Waals surface area contributed by atoms with Crippen molar-refractivity contribution in [2.45, 2.75) is 95.2 Å². The minimum atomic E-state index is -0.709. The van der Waals surface area contributed by atoms with E-state index in [1.54, 1.807) is 0 Å². The minimum Gasteiger partial charge on any atom is -0.390 e. The van der Waals surface area contributed by atoms with E-state index in [9.17, 15) is 10.2 Å². The van der Waals surface area contributed by atoms with Crippen LogP contribution < -0.4 is 10.6 Å². The summed E-state index contributed by atoms with van der Waals surface area (Å²) in [5, 5.41) is 27.7. The molecule has 2 aliphatic rings. The third kappa shape index (κ3) is 2.97. The molecule has 2 rings (SSSR count). The van der Waals surface area contributed by atoms with Crippen LogP contribution in [0.3, 0.4) is 0 Å². The zero-order valence-electron chi connectivity index (χ0n) is 13.2. The SMILES string of the molecule is CC1(C)CC2(CC(O)C(O)C(C)(C)N2)CC(C)(C)N1. The molecule has 0 aromatic heterocycles. The van der Waals surface area contributed by atoms with Crippen molar-refractivity contribution in [2.75, 3.05) is 0 Å². The third-order valence-corrected chi connectivity index (χ3v) is 4.53. The monoisotopic (exact) mass is 270 g/mol. The van der Waals surface area contributed by atoms with Crippen molar-refractivity contribution in [2.24, 2.45) is 0 Å². The molecule has 2 heterocycles. The molecule has 112 valence electrons. The maximum atomic E-state index is 10.3. The Hall–Kier alpha value is -0.160. The zero-order chi connectivity index (χ0) is 14.7. The Morgan fingerprint density at radius 2 is 1.32 bits per heavy atom. The molecule has 0 amide bonds. The Balaban J connectivity index is 2.32. The van der Waals surface area contributed by atoms with Crippen LogP contribution in [-0.2, 0) is 0 Å². The van der Waals surface area contributed by atoms with Crippen molar-refractivity contribution >= 4 is 0 Å². The molecule has 2 unspecified atom stereocenters. The number of aliphatic hydroxyl groups excluding tert-OH is 2. The predicted molar refractivity (Wildman–Crippen MR) is 77.1 cm³/mol. The van der Waals surface area contributed by atoms with Gasteiger partial charge >= 0.3 is 0 Å². The smallest absolute Gasteiger partial charge is 0.0975 e. The van der Waals surface area contributed by atoms with Gasteiger partial charge in [0.05, 0.1) is 12.2 Å². The van der Waals surface area contributed by atoms with Crippen molar-refractivity contribution in [3.05, 3.63) is 0 Å². The van der Waals surface area contributed by atoms with Crippen molar-refractivity contribution in [3.8, 4) is 0 Å². The Bertz CT molecular complexity index is 347. The highest BCUT2D eigenvalue weighted by molar-refractivity contribution is 5.15. The first kappa shape index (κ1) is 15.2. The Morgan fingerprint density at radius 3 is 1.74 bits per heavy atom. The van der Waals surface area contributed by atoms with Crippen LogP contribution in [0.15, 0.2) is 0 Å². The summed E-state index contributed by atoms with van der Waals surface area (Å²) < 4.78 is 0. The van der Waals surface area contributed by atoms with Gasteiger partial charge in [-0.25, -0.2) is 0 Å². The highest BCUT2D eigenvalue weighted by Gasteiger charge is 2.54. The van der Waals surface area contributed by atoms with Crippen LogP contribution in [0.2, 0.25) is 0 Å². The van der Waals surface area contributed by atoms with Crippen LogP contribution >= 0.6 is 0 Å². The van der Waals surface area contributed by atoms with E-state index >= 15 is 0 Å². The van der Waals surface area contributed by atoms with Gasteiger partial charge in [-0.3, -0.25) is 0 Å². The average molecular weight is 270 g/mol. The fourth-order valence-corrected chi connectivity index (χ4v) is 4.79. The molecule has 0 aromatic carbocycles. The summed E-state index contributed by atoms with van der Waals surface area (Å²) in [4.78, 5) is 0. The van der Waals surface area contributed by atoms with Crippen LogP contribution in [0.5, 0.6) is 0 Å². The van der Waals surface area contributed by atoms with Gasteiger partial charge in [0.25, 0.3) is 0 Å². The van der Waals surface area contributed by atoms with Crippen LogP contribution in [-0.4, -0.2) is 44.6 Å². The molecule has 1 spiro atoms. The summed E-state index contributed by atoms with van der Waals surface area (Å²) in [6, 6.07) is 0. The largest absolute Gasteiger partial charge is 0.390 e.